The van der Waals surface area contributed by atoms with E-state index in [-0.39, 0.29) is 12.1 Å². The van der Waals surface area contributed by atoms with E-state index in [1.54, 1.807) is 23.1 Å². The number of rotatable bonds is 9. The Morgan fingerprint density at radius 3 is 2.58 bits per heavy atom. The number of urea groups is 1. The number of benzene rings is 1. The number of nitrogens with one attached hydrogen (secondary N) is 1. The van der Waals surface area contributed by atoms with E-state index in [9.17, 15) is 4.79 Å². The fraction of sp³-hybridized carbons (Fsp3) is 0.562. The highest BCUT2D eigenvalue weighted by molar-refractivity contribution is 14.1. The Balaban J connectivity index is 2.53. The van der Waals surface area contributed by atoms with E-state index in [4.69, 9.17) is 27.9 Å². The zero-order chi connectivity index (χ0) is 18.1. The van der Waals surface area contributed by atoms with E-state index in [0.717, 1.165) is 11.0 Å². The van der Waals surface area contributed by atoms with Gasteiger partial charge < -0.3 is 19.9 Å². The average Bonchev–Trinajstić information content (AvgIpc) is 2.53. The fourth-order valence-corrected chi connectivity index (χ4v) is 2.69. The molecule has 0 fully saturated rings. The number of carbonyl (C=O) groups is 1. The minimum absolute atomic E-state index is 0.0706. The Kier molecular flexibility index (Phi) is 10.1. The molecule has 0 saturated heterocycles. The molecule has 1 unspecified atom stereocenters. The van der Waals surface area contributed by atoms with Gasteiger partial charge in [-0.2, -0.15) is 0 Å². The van der Waals surface area contributed by atoms with Gasteiger partial charge in [-0.3, -0.25) is 0 Å². The maximum Gasteiger partial charge on any atom is 0.317 e. The highest BCUT2D eigenvalue weighted by atomic mass is 127. The van der Waals surface area contributed by atoms with Crippen LogP contribution < -0.4 is 10.1 Å². The molecular formula is C16H24Cl2IN3O2. The first-order valence-corrected chi connectivity index (χ1v) is 9.96. The molecule has 0 spiro atoms. The van der Waals surface area contributed by atoms with Crippen LogP contribution in [0.4, 0.5) is 4.79 Å². The zero-order valence-corrected chi connectivity index (χ0v) is 17.9. The maximum atomic E-state index is 12.4. The molecule has 5 nitrogen and oxygen atoms in total. The first-order valence-electron chi connectivity index (χ1n) is 7.68. The van der Waals surface area contributed by atoms with Crippen LogP contribution in [0, 0.1) is 0 Å². The Morgan fingerprint density at radius 1 is 1.29 bits per heavy atom. The lowest BCUT2D eigenvalue weighted by Crippen LogP contribution is -2.48. The second-order valence-corrected chi connectivity index (χ2v) is 7.35. The molecule has 1 aromatic rings. The van der Waals surface area contributed by atoms with Gasteiger partial charge in [-0.1, -0.05) is 45.8 Å². The zero-order valence-electron chi connectivity index (χ0n) is 14.2. The summed E-state index contributed by atoms with van der Waals surface area (Å²) in [4.78, 5) is 16.2. The van der Waals surface area contributed by atoms with E-state index in [2.05, 4.69) is 27.9 Å². The van der Waals surface area contributed by atoms with Crippen LogP contribution in [0.1, 0.15) is 6.92 Å². The van der Waals surface area contributed by atoms with E-state index < -0.39 is 0 Å². The van der Waals surface area contributed by atoms with Crippen LogP contribution in [0.2, 0.25) is 10.0 Å². The van der Waals surface area contributed by atoms with Gasteiger partial charge in [-0.25, -0.2) is 4.79 Å². The van der Waals surface area contributed by atoms with Crippen LogP contribution in [-0.2, 0) is 0 Å². The number of carbonyl (C=O) groups excluding carboxylic acids is 1. The van der Waals surface area contributed by atoms with Gasteiger partial charge >= 0.3 is 6.03 Å². The third-order valence-corrected chi connectivity index (χ3v) is 5.36. The average molecular weight is 488 g/mol. The van der Waals surface area contributed by atoms with Crippen molar-refractivity contribution in [1.82, 2.24) is 15.1 Å². The molecule has 0 aromatic heterocycles. The van der Waals surface area contributed by atoms with Gasteiger partial charge in [0.05, 0.1) is 16.6 Å². The van der Waals surface area contributed by atoms with Gasteiger partial charge in [-0.15, -0.1) is 0 Å². The molecule has 1 atom stereocenters. The standard InChI is InChI=1S/C16H24Cl2IN3O2/c1-12(11-19)22(16(23)20-6-7-21(2)3)8-9-24-13-4-5-14(17)15(18)10-13/h4-5,10,12H,6-9,11H2,1-3H3,(H,20,23). The summed E-state index contributed by atoms with van der Waals surface area (Å²) in [5.41, 5.74) is 0. The van der Waals surface area contributed by atoms with Crippen molar-refractivity contribution in [2.24, 2.45) is 0 Å². The molecule has 0 aliphatic heterocycles. The molecule has 0 saturated carbocycles. The third kappa shape index (κ3) is 7.63. The van der Waals surface area contributed by atoms with Gasteiger partial charge in [0.25, 0.3) is 0 Å². The Hall–Kier alpha value is -0.440. The maximum absolute atomic E-state index is 12.4. The van der Waals surface area contributed by atoms with E-state index in [1.807, 2.05) is 25.9 Å². The Morgan fingerprint density at radius 2 is 2.00 bits per heavy atom. The third-order valence-electron chi connectivity index (χ3n) is 3.34. The predicted molar refractivity (Wildman–Crippen MR) is 109 cm³/mol. The van der Waals surface area contributed by atoms with Crippen LogP contribution in [0.15, 0.2) is 18.2 Å². The molecule has 1 N–H and O–H groups in total. The molecule has 24 heavy (non-hydrogen) atoms. The molecule has 0 heterocycles. The van der Waals surface area contributed by atoms with Crippen molar-refractivity contribution in [3.63, 3.8) is 0 Å². The number of nitrogens with zero attached hydrogens (tertiary/aromatic N) is 2. The second-order valence-electron chi connectivity index (χ2n) is 5.66. The fourth-order valence-electron chi connectivity index (χ4n) is 1.92. The molecule has 0 bridgehead atoms. The SMILES string of the molecule is CC(CI)N(CCOc1ccc(Cl)c(Cl)c1)C(=O)NCCN(C)C. The number of hydrogen-bond acceptors (Lipinski definition) is 3. The number of amides is 2. The van der Waals surface area contributed by atoms with Crippen molar-refractivity contribution < 1.29 is 9.53 Å². The molecule has 1 aromatic carbocycles. The van der Waals surface area contributed by atoms with Gasteiger partial charge in [-0.05, 0) is 33.2 Å². The summed E-state index contributed by atoms with van der Waals surface area (Å²) in [6, 6.07) is 5.18. The quantitative estimate of drug-likeness (QED) is 0.426. The first-order chi connectivity index (χ1) is 11.3. The lowest BCUT2D eigenvalue weighted by molar-refractivity contribution is 0.167. The second kappa shape index (κ2) is 11.2. The van der Waals surface area contributed by atoms with E-state index in [0.29, 0.717) is 35.5 Å². The molecular weight excluding hydrogens is 464 g/mol. The van der Waals surface area contributed by atoms with Crippen LogP contribution in [-0.4, -0.2) is 66.6 Å². The summed E-state index contributed by atoms with van der Waals surface area (Å²) in [5.74, 6) is 0.638. The summed E-state index contributed by atoms with van der Waals surface area (Å²) in [5, 5.41) is 3.88. The minimum atomic E-state index is -0.0706. The first kappa shape index (κ1) is 21.6. The number of hydrogen-bond donors (Lipinski definition) is 1. The van der Waals surface area contributed by atoms with Gasteiger partial charge in [0.1, 0.15) is 12.4 Å². The lowest BCUT2D eigenvalue weighted by Gasteiger charge is -2.28. The topological polar surface area (TPSA) is 44.8 Å². The molecule has 0 aliphatic rings. The van der Waals surface area contributed by atoms with Crippen molar-refractivity contribution >= 4 is 51.8 Å². The number of alkyl halides is 1. The predicted octanol–water partition coefficient (Wildman–Crippen LogP) is 3.77. The summed E-state index contributed by atoms with van der Waals surface area (Å²) in [6.45, 7) is 4.33. The summed E-state index contributed by atoms with van der Waals surface area (Å²) in [7, 11) is 3.95. The lowest BCUT2D eigenvalue weighted by atomic mass is 10.3. The van der Waals surface area contributed by atoms with Crippen molar-refractivity contribution in [3.8, 4) is 5.75 Å². The number of halogens is 3. The molecule has 0 radical (unpaired) electrons. The smallest absolute Gasteiger partial charge is 0.317 e. The minimum Gasteiger partial charge on any atom is -0.492 e. The number of ether oxygens (including phenoxy) is 1. The van der Waals surface area contributed by atoms with Gasteiger partial charge in [0.15, 0.2) is 0 Å². The summed E-state index contributed by atoms with van der Waals surface area (Å²) >= 11 is 14.1. The normalized spacial score (nSPS) is 12.1. The van der Waals surface area contributed by atoms with Crippen molar-refractivity contribution in [2.45, 2.75) is 13.0 Å². The highest BCUT2D eigenvalue weighted by Gasteiger charge is 2.19. The molecule has 136 valence electrons. The number of likely N-dealkylation sites (N-methyl/N-ethyl adjacent to an activating group) is 1. The van der Waals surface area contributed by atoms with Crippen molar-refractivity contribution in [2.75, 3.05) is 44.8 Å². The monoisotopic (exact) mass is 487 g/mol. The molecule has 1 rings (SSSR count). The van der Waals surface area contributed by atoms with E-state index >= 15 is 0 Å². The molecule has 8 heteroatoms. The van der Waals surface area contributed by atoms with Crippen LogP contribution in [0.3, 0.4) is 0 Å². The Labute approximate surface area is 167 Å². The highest BCUT2D eigenvalue weighted by Crippen LogP contribution is 2.26. The molecule has 2 amide bonds. The summed E-state index contributed by atoms with van der Waals surface area (Å²) < 4.78 is 6.54. The van der Waals surface area contributed by atoms with Crippen LogP contribution >= 0.6 is 45.8 Å². The van der Waals surface area contributed by atoms with E-state index in [1.165, 1.54) is 0 Å². The van der Waals surface area contributed by atoms with Crippen LogP contribution in [0.5, 0.6) is 5.75 Å². The largest absolute Gasteiger partial charge is 0.492 e. The van der Waals surface area contributed by atoms with Gasteiger partial charge in [0, 0.05) is 29.6 Å². The summed E-state index contributed by atoms with van der Waals surface area (Å²) in [6.07, 6.45) is 0. The molecule has 0 aliphatic carbocycles. The van der Waals surface area contributed by atoms with Crippen molar-refractivity contribution in [3.05, 3.63) is 28.2 Å². The Bertz CT molecular complexity index is 532. The van der Waals surface area contributed by atoms with Gasteiger partial charge in [0.2, 0.25) is 0 Å². The van der Waals surface area contributed by atoms with Crippen molar-refractivity contribution in [1.29, 1.82) is 0 Å². The van der Waals surface area contributed by atoms with Crippen LogP contribution in [0.25, 0.3) is 0 Å².